The second-order valence-electron chi connectivity index (χ2n) is 9.50. The van der Waals surface area contributed by atoms with Gasteiger partial charge in [0.1, 0.15) is 18.1 Å². The molecule has 9 nitrogen and oxygen atoms in total. The number of ether oxygens (including phenoxy) is 1. The molecule has 0 saturated carbocycles. The first-order chi connectivity index (χ1) is 20.0. The monoisotopic (exact) mass is 547 g/mol. The van der Waals surface area contributed by atoms with Gasteiger partial charge in [0.05, 0.1) is 18.2 Å². The molecule has 0 fully saturated rings. The minimum atomic E-state index is -1.05. The number of methoxy groups -OCH3 is 1. The van der Waals surface area contributed by atoms with E-state index in [1.165, 1.54) is 16.7 Å². The quantitative estimate of drug-likeness (QED) is 0.270. The molecule has 0 spiro atoms. The molecule has 5 aromatic rings. The van der Waals surface area contributed by atoms with Crippen LogP contribution < -0.4 is 10.2 Å². The number of para-hydroxylation sites is 1. The first kappa shape index (κ1) is 27.3. The largest absolute Gasteiger partial charge is 0.465 e. The summed E-state index contributed by atoms with van der Waals surface area (Å²) < 4.78 is 6.43. The maximum atomic E-state index is 14.3. The van der Waals surface area contributed by atoms with Crippen molar-refractivity contribution in [2.75, 3.05) is 12.0 Å². The summed E-state index contributed by atoms with van der Waals surface area (Å²) in [5.74, 6) is -1.34. The Morgan fingerprint density at radius 1 is 0.902 bits per heavy atom. The standard InChI is InChI=1S/C32H29N5O4/c1-22-11-6-7-16-26(22)30(31(39)33-20-23-12-4-3-5-13-23)37(25-15-10-14-24(19-25)32(40)41-2)29(38)21-36-28-18-9-8-17-27(28)34-35-36/h3-19,30H,20-21H2,1-2H3,(H,33,39)/t30-/m0/s1. The van der Waals surface area contributed by atoms with Gasteiger partial charge in [-0.05, 0) is 53.9 Å². The first-order valence-electron chi connectivity index (χ1n) is 13.1. The topological polar surface area (TPSA) is 106 Å². The molecule has 0 radical (unpaired) electrons. The molecule has 41 heavy (non-hydrogen) atoms. The van der Waals surface area contributed by atoms with Crippen molar-refractivity contribution in [3.63, 3.8) is 0 Å². The zero-order chi connectivity index (χ0) is 28.8. The highest BCUT2D eigenvalue weighted by Crippen LogP contribution is 2.31. The Labute approximate surface area is 237 Å². The molecule has 206 valence electrons. The SMILES string of the molecule is COC(=O)c1cccc(N(C(=O)Cn2nnc3ccccc32)[C@H](C(=O)NCc2ccccc2)c2ccccc2C)c1. The van der Waals surface area contributed by atoms with Gasteiger partial charge in [-0.1, -0.05) is 78.0 Å². The number of rotatable bonds is 9. The Morgan fingerprint density at radius 2 is 1.63 bits per heavy atom. The molecule has 1 atom stereocenters. The van der Waals surface area contributed by atoms with E-state index in [0.717, 1.165) is 11.1 Å². The molecule has 0 bridgehead atoms. The van der Waals surface area contributed by atoms with Crippen molar-refractivity contribution in [1.82, 2.24) is 20.3 Å². The lowest BCUT2D eigenvalue weighted by Crippen LogP contribution is -2.45. The summed E-state index contributed by atoms with van der Waals surface area (Å²) in [5, 5.41) is 11.4. The molecular formula is C32H29N5O4. The number of aromatic nitrogens is 3. The van der Waals surface area contributed by atoms with Gasteiger partial charge in [-0.3, -0.25) is 14.5 Å². The van der Waals surface area contributed by atoms with E-state index in [9.17, 15) is 14.4 Å². The van der Waals surface area contributed by atoms with Crippen LogP contribution in [-0.2, 0) is 27.4 Å². The first-order valence-corrected chi connectivity index (χ1v) is 13.1. The summed E-state index contributed by atoms with van der Waals surface area (Å²) in [6, 6.07) is 29.8. The van der Waals surface area contributed by atoms with Crippen molar-refractivity contribution in [1.29, 1.82) is 0 Å². The zero-order valence-electron chi connectivity index (χ0n) is 22.7. The van der Waals surface area contributed by atoms with Crippen LogP contribution in [0.15, 0.2) is 103 Å². The van der Waals surface area contributed by atoms with E-state index in [4.69, 9.17) is 4.74 Å². The average molecular weight is 548 g/mol. The van der Waals surface area contributed by atoms with Gasteiger partial charge in [-0.25, -0.2) is 9.48 Å². The molecule has 0 aliphatic heterocycles. The van der Waals surface area contributed by atoms with E-state index < -0.39 is 17.9 Å². The fourth-order valence-electron chi connectivity index (χ4n) is 4.75. The lowest BCUT2D eigenvalue weighted by molar-refractivity contribution is -0.127. The predicted molar refractivity (Wildman–Crippen MR) is 155 cm³/mol. The zero-order valence-corrected chi connectivity index (χ0v) is 22.7. The van der Waals surface area contributed by atoms with E-state index >= 15 is 0 Å². The minimum absolute atomic E-state index is 0.183. The molecule has 1 heterocycles. The van der Waals surface area contributed by atoms with Crippen LogP contribution in [0.1, 0.15) is 33.1 Å². The molecule has 0 aliphatic carbocycles. The second kappa shape index (κ2) is 12.3. The van der Waals surface area contributed by atoms with Crippen molar-refractivity contribution in [3.8, 4) is 0 Å². The summed E-state index contributed by atoms with van der Waals surface area (Å²) in [7, 11) is 1.29. The Balaban J connectivity index is 1.60. The van der Waals surface area contributed by atoms with Crippen LogP contribution in [0.2, 0.25) is 0 Å². The van der Waals surface area contributed by atoms with E-state index in [1.54, 1.807) is 24.3 Å². The van der Waals surface area contributed by atoms with E-state index in [-0.39, 0.29) is 24.6 Å². The number of hydrogen-bond acceptors (Lipinski definition) is 6. The third kappa shape index (κ3) is 5.99. The number of esters is 1. The smallest absolute Gasteiger partial charge is 0.337 e. The molecule has 0 saturated heterocycles. The molecular weight excluding hydrogens is 518 g/mol. The normalized spacial score (nSPS) is 11.6. The lowest BCUT2D eigenvalue weighted by Gasteiger charge is -2.32. The van der Waals surface area contributed by atoms with Crippen molar-refractivity contribution >= 4 is 34.5 Å². The lowest BCUT2D eigenvalue weighted by atomic mass is 9.97. The number of benzene rings is 4. The molecule has 5 rings (SSSR count). The molecule has 4 aromatic carbocycles. The highest BCUT2D eigenvalue weighted by Gasteiger charge is 2.34. The van der Waals surface area contributed by atoms with Gasteiger partial charge in [-0.2, -0.15) is 0 Å². The second-order valence-corrected chi connectivity index (χ2v) is 9.50. The fraction of sp³-hybridized carbons (Fsp3) is 0.156. The van der Waals surface area contributed by atoms with Gasteiger partial charge in [0.2, 0.25) is 11.8 Å². The number of aryl methyl sites for hydroxylation is 1. The van der Waals surface area contributed by atoms with Gasteiger partial charge in [0.15, 0.2) is 0 Å². The van der Waals surface area contributed by atoms with Crippen molar-refractivity contribution < 1.29 is 19.1 Å². The Morgan fingerprint density at radius 3 is 2.41 bits per heavy atom. The number of carbonyl (C=O) groups excluding carboxylic acids is 3. The van der Waals surface area contributed by atoms with Gasteiger partial charge in [0.25, 0.3) is 0 Å². The van der Waals surface area contributed by atoms with Crippen LogP contribution in [0, 0.1) is 6.92 Å². The van der Waals surface area contributed by atoms with E-state index in [2.05, 4.69) is 15.6 Å². The highest BCUT2D eigenvalue weighted by molar-refractivity contribution is 6.02. The third-order valence-corrected chi connectivity index (χ3v) is 6.82. The number of hydrogen-bond donors (Lipinski definition) is 1. The number of nitrogens with one attached hydrogen (secondary N) is 1. The molecule has 0 aliphatic rings. The van der Waals surface area contributed by atoms with E-state index in [1.807, 2.05) is 85.8 Å². The highest BCUT2D eigenvalue weighted by atomic mass is 16.5. The van der Waals surface area contributed by atoms with Crippen LogP contribution in [0.25, 0.3) is 11.0 Å². The summed E-state index contributed by atoms with van der Waals surface area (Å²) in [6.45, 7) is 1.99. The summed E-state index contributed by atoms with van der Waals surface area (Å²) in [5.41, 5.74) is 4.36. The summed E-state index contributed by atoms with van der Waals surface area (Å²) in [6.07, 6.45) is 0. The van der Waals surface area contributed by atoms with Gasteiger partial charge < -0.3 is 10.1 Å². The number of nitrogens with zero attached hydrogens (tertiary/aromatic N) is 4. The number of anilines is 1. The summed E-state index contributed by atoms with van der Waals surface area (Å²) >= 11 is 0. The molecule has 0 unspecified atom stereocenters. The van der Waals surface area contributed by atoms with Gasteiger partial charge in [-0.15, -0.1) is 5.10 Å². The van der Waals surface area contributed by atoms with Crippen molar-refractivity contribution in [2.24, 2.45) is 0 Å². The van der Waals surface area contributed by atoms with Crippen LogP contribution in [0.4, 0.5) is 5.69 Å². The van der Waals surface area contributed by atoms with Crippen LogP contribution in [0.3, 0.4) is 0 Å². The van der Waals surface area contributed by atoms with Crippen molar-refractivity contribution in [3.05, 3.63) is 125 Å². The maximum Gasteiger partial charge on any atom is 0.337 e. The van der Waals surface area contributed by atoms with Gasteiger partial charge in [0, 0.05) is 12.2 Å². The van der Waals surface area contributed by atoms with Crippen LogP contribution in [0.5, 0.6) is 0 Å². The fourth-order valence-corrected chi connectivity index (χ4v) is 4.75. The Kier molecular flexibility index (Phi) is 8.15. The van der Waals surface area contributed by atoms with Crippen LogP contribution >= 0.6 is 0 Å². The van der Waals surface area contributed by atoms with Gasteiger partial charge >= 0.3 is 5.97 Å². The average Bonchev–Trinajstić information content (AvgIpc) is 3.41. The maximum absolute atomic E-state index is 14.3. The molecule has 9 heteroatoms. The number of carbonyl (C=O) groups is 3. The minimum Gasteiger partial charge on any atom is -0.465 e. The Hall–Kier alpha value is -5.31. The number of fused-ring (bicyclic) bond motifs is 1. The molecule has 1 aromatic heterocycles. The van der Waals surface area contributed by atoms with E-state index in [0.29, 0.717) is 22.3 Å². The molecule has 1 N–H and O–H groups in total. The Bertz CT molecular complexity index is 1700. The van der Waals surface area contributed by atoms with Crippen LogP contribution in [-0.4, -0.2) is 39.9 Å². The predicted octanol–water partition coefficient (Wildman–Crippen LogP) is 4.62. The summed E-state index contributed by atoms with van der Waals surface area (Å²) in [4.78, 5) is 42.1. The third-order valence-electron chi connectivity index (χ3n) is 6.82. The van der Waals surface area contributed by atoms with Crippen molar-refractivity contribution in [2.45, 2.75) is 26.1 Å². The molecule has 2 amide bonds. The number of amides is 2.